The summed E-state index contributed by atoms with van der Waals surface area (Å²) in [6.45, 7) is 4.35. The van der Waals surface area contributed by atoms with Gasteiger partial charge in [-0.15, -0.1) is 13.2 Å². The van der Waals surface area contributed by atoms with E-state index < -0.39 is 73.7 Å². The molecule has 0 bridgehead atoms. The van der Waals surface area contributed by atoms with Crippen LogP contribution in [-0.4, -0.2) is 101 Å². The number of hydrogen-bond acceptors (Lipinski definition) is 9. The zero-order chi connectivity index (χ0) is 41.3. The van der Waals surface area contributed by atoms with E-state index in [2.05, 4.69) is 25.1 Å². The predicted molar refractivity (Wildman–Crippen MR) is 204 cm³/mol. The van der Waals surface area contributed by atoms with Gasteiger partial charge < -0.3 is 29.9 Å². The topological polar surface area (TPSA) is 176 Å². The largest absolute Gasteiger partial charge is 0.573 e. The van der Waals surface area contributed by atoms with Gasteiger partial charge in [0.2, 0.25) is 21.8 Å². The average molecular weight is 831 g/mol. The third-order valence-electron chi connectivity index (χ3n) is 12.9. The van der Waals surface area contributed by atoms with E-state index in [0.29, 0.717) is 79.5 Å². The molecule has 6 aliphatic rings. The van der Waals surface area contributed by atoms with Gasteiger partial charge in [-0.1, -0.05) is 25.0 Å². The first-order valence-electron chi connectivity index (χ1n) is 20.2. The quantitative estimate of drug-likeness (QED) is 0.362. The molecule has 2 saturated heterocycles. The summed E-state index contributed by atoms with van der Waals surface area (Å²) >= 11 is 0. The van der Waals surface area contributed by atoms with Crippen LogP contribution in [0.1, 0.15) is 95.2 Å². The molecule has 18 heteroatoms. The number of benzene rings is 1. The molecule has 4 fully saturated rings. The number of hydrogen-bond donors (Lipinski definition) is 3. The maximum absolute atomic E-state index is 14.8. The van der Waals surface area contributed by atoms with E-state index in [4.69, 9.17) is 4.74 Å². The van der Waals surface area contributed by atoms with Gasteiger partial charge in [0.05, 0.1) is 22.5 Å². The molecule has 5 amide bonds. The molecule has 1 aromatic carbocycles. The molecule has 5 heterocycles. The standard InChI is InChI=1S/C40H49F3N6O8S/c1-24-32-27(28-20-26(56-40(41,42)43)12-13-29(28)44-24)14-15-38(57-32)22-31-33(50)46-39(35(52)47-58(54,55)37(2)16-17-37)21-25(39)10-6-4-3-5-7-11-30(34(51)49(31)23-38)45-36(53)48-18-8-9-19-48/h6,10,12-13,20,25,30-31H,3-5,7-9,11,14-19,21-23H2,1-2H3,(H,45,53)(H,46,50)(H,47,52). The van der Waals surface area contributed by atoms with Crippen molar-refractivity contribution in [1.82, 2.24) is 30.1 Å². The number of urea groups is 1. The number of sulfonamides is 1. The van der Waals surface area contributed by atoms with Crippen LogP contribution in [0.5, 0.6) is 11.5 Å². The lowest BCUT2D eigenvalue weighted by Gasteiger charge is -2.37. The predicted octanol–water partition coefficient (Wildman–Crippen LogP) is 4.67. The number of halogens is 3. The van der Waals surface area contributed by atoms with Crippen LogP contribution in [0.15, 0.2) is 30.4 Å². The van der Waals surface area contributed by atoms with E-state index in [-0.39, 0.29) is 31.8 Å². The molecule has 58 heavy (non-hydrogen) atoms. The number of carbonyl (C=O) groups excluding carboxylic acids is 4. The number of ether oxygens (including phenoxy) is 2. The highest BCUT2D eigenvalue weighted by atomic mass is 32.2. The molecular weight excluding hydrogens is 782 g/mol. The van der Waals surface area contributed by atoms with E-state index >= 15 is 0 Å². The first-order valence-corrected chi connectivity index (χ1v) is 21.7. The minimum atomic E-state index is -4.90. The number of rotatable bonds is 5. The number of amides is 5. The van der Waals surface area contributed by atoms with Gasteiger partial charge in [0, 0.05) is 36.4 Å². The molecule has 2 saturated carbocycles. The van der Waals surface area contributed by atoms with Crippen molar-refractivity contribution in [3.63, 3.8) is 0 Å². The van der Waals surface area contributed by atoms with Crippen LogP contribution in [0, 0.1) is 12.8 Å². The molecule has 3 N–H and O–H groups in total. The number of pyridine rings is 1. The summed E-state index contributed by atoms with van der Waals surface area (Å²) in [4.78, 5) is 64.5. The van der Waals surface area contributed by atoms with Gasteiger partial charge in [-0.2, -0.15) is 0 Å². The second-order valence-electron chi connectivity index (χ2n) is 17.1. The van der Waals surface area contributed by atoms with Gasteiger partial charge in [-0.05, 0) is 96.3 Å². The van der Waals surface area contributed by atoms with Crippen molar-refractivity contribution < 1.29 is 50.2 Å². The lowest BCUT2D eigenvalue weighted by molar-refractivity contribution is -0.274. The van der Waals surface area contributed by atoms with Crippen LogP contribution < -0.4 is 24.8 Å². The summed E-state index contributed by atoms with van der Waals surface area (Å²) in [6.07, 6.45) is 5.28. The molecule has 1 spiro atoms. The summed E-state index contributed by atoms with van der Waals surface area (Å²) in [5, 5.41) is 6.26. The van der Waals surface area contributed by atoms with Crippen molar-refractivity contribution in [2.75, 3.05) is 19.6 Å². The number of allylic oxidation sites excluding steroid dienone is 1. The van der Waals surface area contributed by atoms with Crippen molar-refractivity contribution >= 4 is 44.7 Å². The van der Waals surface area contributed by atoms with Crippen LogP contribution >= 0.6 is 0 Å². The van der Waals surface area contributed by atoms with Crippen molar-refractivity contribution in [1.29, 1.82) is 0 Å². The highest BCUT2D eigenvalue weighted by Crippen LogP contribution is 2.49. The normalized spacial score (nSPS) is 29.6. The molecule has 8 rings (SSSR count). The monoisotopic (exact) mass is 830 g/mol. The number of likely N-dealkylation sites (tertiary alicyclic amines) is 1. The van der Waals surface area contributed by atoms with Gasteiger partial charge in [0.25, 0.3) is 5.91 Å². The second kappa shape index (κ2) is 14.6. The van der Waals surface area contributed by atoms with Crippen LogP contribution in [0.25, 0.3) is 10.9 Å². The number of nitrogens with zero attached hydrogens (tertiary/aromatic N) is 3. The molecule has 314 valence electrons. The summed E-state index contributed by atoms with van der Waals surface area (Å²) in [6, 6.07) is 1.40. The summed E-state index contributed by atoms with van der Waals surface area (Å²) < 4.78 is 78.0. The molecule has 5 atom stereocenters. The lowest BCUT2D eigenvalue weighted by atomic mass is 9.87. The smallest absolute Gasteiger partial charge is 0.483 e. The summed E-state index contributed by atoms with van der Waals surface area (Å²) in [5.74, 6) is -2.54. The third-order valence-corrected chi connectivity index (χ3v) is 15.0. The number of aromatic nitrogens is 1. The SMILES string of the molecule is Cc1nc2ccc(OC(F)(F)F)cc2c2c1OC1(CC2)CC2C(=O)NC3(C(=O)NS(=O)(=O)C4(C)CC4)CC3C=CCCCCCC(NC(=O)N3CCCC3)C(=O)N2C1. The molecule has 2 aliphatic carbocycles. The molecule has 5 unspecified atom stereocenters. The Bertz CT molecular complexity index is 2170. The van der Waals surface area contributed by atoms with Gasteiger partial charge in [0.1, 0.15) is 34.7 Å². The molecule has 0 radical (unpaired) electrons. The van der Waals surface area contributed by atoms with E-state index in [1.54, 1.807) is 18.7 Å². The fraction of sp³-hybridized carbons (Fsp3) is 0.625. The molecule has 2 aromatic rings. The van der Waals surface area contributed by atoms with Gasteiger partial charge in [-0.3, -0.25) is 19.1 Å². The summed E-state index contributed by atoms with van der Waals surface area (Å²) in [7, 11) is -4.04. The van der Waals surface area contributed by atoms with Crippen molar-refractivity contribution in [2.24, 2.45) is 5.92 Å². The van der Waals surface area contributed by atoms with E-state index in [0.717, 1.165) is 25.7 Å². The third kappa shape index (κ3) is 7.68. The Morgan fingerprint density at radius 3 is 2.53 bits per heavy atom. The van der Waals surface area contributed by atoms with E-state index in [1.165, 1.54) is 23.1 Å². The van der Waals surface area contributed by atoms with E-state index in [1.807, 2.05) is 12.2 Å². The fourth-order valence-electron chi connectivity index (χ4n) is 9.03. The van der Waals surface area contributed by atoms with Crippen molar-refractivity contribution in [2.45, 2.75) is 132 Å². The first-order chi connectivity index (χ1) is 27.4. The highest BCUT2D eigenvalue weighted by molar-refractivity contribution is 7.91. The highest BCUT2D eigenvalue weighted by Gasteiger charge is 2.64. The Morgan fingerprint density at radius 1 is 1.05 bits per heavy atom. The number of aryl methyl sites for hydroxylation is 2. The summed E-state index contributed by atoms with van der Waals surface area (Å²) in [5.41, 5.74) is -1.19. The number of carbonyl (C=O) groups is 4. The zero-order valence-corrected chi connectivity index (χ0v) is 33.4. The van der Waals surface area contributed by atoms with Crippen molar-refractivity contribution in [3.8, 4) is 11.5 Å². The Labute approximate surface area is 334 Å². The van der Waals surface area contributed by atoms with Gasteiger partial charge >= 0.3 is 12.4 Å². The first kappa shape index (κ1) is 40.2. The Morgan fingerprint density at radius 2 is 1.81 bits per heavy atom. The molecule has 1 aromatic heterocycles. The maximum Gasteiger partial charge on any atom is 0.573 e. The van der Waals surface area contributed by atoms with Crippen LogP contribution in [0.4, 0.5) is 18.0 Å². The van der Waals surface area contributed by atoms with E-state index in [9.17, 15) is 40.8 Å². The molecule has 4 aliphatic heterocycles. The second-order valence-corrected chi connectivity index (χ2v) is 19.3. The zero-order valence-electron chi connectivity index (χ0n) is 32.6. The number of fused-ring (bicyclic) bond motifs is 5. The minimum absolute atomic E-state index is 0.0138. The van der Waals surface area contributed by atoms with Crippen LogP contribution in [-0.2, 0) is 30.8 Å². The maximum atomic E-state index is 14.8. The number of nitrogens with one attached hydrogen (secondary N) is 3. The molecular formula is C40H49F3N6O8S. The Hall–Kier alpha value is -4.61. The average Bonchev–Trinajstić information content (AvgIpc) is 3.93. The van der Waals surface area contributed by atoms with Crippen LogP contribution in [0.2, 0.25) is 0 Å². The van der Waals surface area contributed by atoms with Gasteiger partial charge in [0.15, 0.2) is 0 Å². The minimum Gasteiger partial charge on any atom is -0.483 e. The van der Waals surface area contributed by atoms with Crippen molar-refractivity contribution in [3.05, 3.63) is 41.6 Å². The Kier molecular flexibility index (Phi) is 10.1. The molecule has 14 nitrogen and oxygen atoms in total. The fourth-order valence-corrected chi connectivity index (χ4v) is 10.3. The Balaban J connectivity index is 1.13. The van der Waals surface area contributed by atoms with Gasteiger partial charge in [-0.25, -0.2) is 18.2 Å². The lowest BCUT2D eigenvalue weighted by Crippen LogP contribution is -2.59. The number of alkyl halides is 3. The van der Waals surface area contributed by atoms with Crippen LogP contribution in [0.3, 0.4) is 0 Å².